The molecule has 0 heterocycles. The minimum Gasteiger partial charge on any atom is -0.316 e. The summed E-state index contributed by atoms with van der Waals surface area (Å²) in [4.78, 5) is 11.6. The monoisotopic (exact) mass is 319 g/mol. The van der Waals surface area contributed by atoms with Crippen molar-refractivity contribution in [1.82, 2.24) is 0 Å². The molecule has 0 saturated heterocycles. The second-order valence-corrected chi connectivity index (χ2v) is 7.10. The fourth-order valence-electron chi connectivity index (χ4n) is 1.91. The van der Waals surface area contributed by atoms with Gasteiger partial charge < -0.3 is 4.18 Å². The number of halogens is 1. The van der Waals surface area contributed by atoms with Crippen molar-refractivity contribution in [3.8, 4) is 0 Å². The molecule has 0 bridgehead atoms. The number of anilines is 1. The number of hydrogen-bond donors (Lipinski definition) is 1. The first-order chi connectivity index (χ1) is 9.11. The fraction of sp³-hybridized carbons (Fsp3) is 0.462. The van der Waals surface area contributed by atoms with E-state index in [4.69, 9.17) is 10.7 Å². The number of carbonyl (C=O) groups is 1. The molecule has 0 spiro atoms. The van der Waals surface area contributed by atoms with Gasteiger partial charge >= 0.3 is 15.4 Å². The molecule has 1 aromatic rings. The van der Waals surface area contributed by atoms with Crippen LogP contribution in [0.4, 0.5) is 10.5 Å². The van der Waals surface area contributed by atoms with Gasteiger partial charge in [-0.2, -0.15) is 8.42 Å². The van der Waals surface area contributed by atoms with Gasteiger partial charge in [0, 0.05) is 0 Å². The molecular formula is C13H18ClNO4S. The van der Waals surface area contributed by atoms with Crippen LogP contribution in [0.3, 0.4) is 0 Å². The predicted octanol–water partition coefficient (Wildman–Crippen LogP) is 3.97. The lowest BCUT2D eigenvalue weighted by molar-refractivity contribution is 0.218. The lowest BCUT2D eigenvalue weighted by Gasteiger charge is -2.19. The van der Waals surface area contributed by atoms with E-state index >= 15 is 0 Å². The summed E-state index contributed by atoms with van der Waals surface area (Å²) >= 11 is 0. The smallest absolute Gasteiger partial charge is 0.316 e. The van der Waals surface area contributed by atoms with Gasteiger partial charge in [0.05, 0.1) is 16.4 Å². The highest BCUT2D eigenvalue weighted by molar-refractivity contribution is 8.10. The van der Waals surface area contributed by atoms with Gasteiger partial charge in [0.1, 0.15) is 0 Å². The largest absolute Gasteiger partial charge is 0.428 e. The molecule has 0 aliphatic carbocycles. The van der Waals surface area contributed by atoms with Gasteiger partial charge in [0.25, 0.3) is 0 Å². The molecule has 0 saturated carbocycles. The van der Waals surface area contributed by atoms with E-state index in [-0.39, 0.29) is 11.8 Å². The van der Waals surface area contributed by atoms with Crippen LogP contribution >= 0.6 is 10.7 Å². The fourth-order valence-corrected chi connectivity index (χ4v) is 2.30. The average molecular weight is 320 g/mol. The van der Waals surface area contributed by atoms with E-state index in [1.807, 2.05) is 45.9 Å². The van der Waals surface area contributed by atoms with Crippen LogP contribution in [0, 0.1) is 0 Å². The van der Waals surface area contributed by atoms with Crippen molar-refractivity contribution in [2.75, 3.05) is 5.32 Å². The average Bonchev–Trinajstić information content (AvgIpc) is 2.25. The van der Waals surface area contributed by atoms with Crippen LogP contribution < -0.4 is 5.32 Å². The zero-order chi connectivity index (χ0) is 15.5. The molecule has 0 atom stereocenters. The second kappa shape index (κ2) is 6.45. The summed E-state index contributed by atoms with van der Waals surface area (Å²) < 4.78 is 25.6. The van der Waals surface area contributed by atoms with Crippen molar-refractivity contribution in [2.45, 2.75) is 39.5 Å². The molecule has 0 radical (unpaired) electrons. The Bertz CT molecular complexity index is 570. The van der Waals surface area contributed by atoms with E-state index in [9.17, 15) is 13.2 Å². The molecule has 1 N–H and O–H groups in total. The minimum atomic E-state index is -4.35. The summed E-state index contributed by atoms with van der Waals surface area (Å²) in [5.74, 6) is 0.327. The first-order valence-electron chi connectivity index (χ1n) is 6.19. The summed E-state index contributed by atoms with van der Waals surface area (Å²) in [6.45, 7) is 7.92. The van der Waals surface area contributed by atoms with E-state index < -0.39 is 15.4 Å². The summed E-state index contributed by atoms with van der Waals surface area (Å²) in [7, 11) is 0.539. The van der Waals surface area contributed by atoms with Gasteiger partial charge in [0.2, 0.25) is 0 Å². The highest BCUT2D eigenvalue weighted by atomic mass is 35.7. The number of hydrogen-bond acceptors (Lipinski definition) is 4. The van der Waals surface area contributed by atoms with Crippen molar-refractivity contribution < 1.29 is 17.4 Å². The molecule has 0 unspecified atom stereocenters. The lowest BCUT2D eigenvalue weighted by atomic mass is 9.93. The number of para-hydroxylation sites is 1. The maximum Gasteiger partial charge on any atom is 0.428 e. The maximum atomic E-state index is 11.6. The van der Waals surface area contributed by atoms with E-state index in [1.54, 1.807) is 0 Å². The quantitative estimate of drug-likeness (QED) is 0.852. The molecule has 5 nitrogen and oxygen atoms in total. The molecule has 20 heavy (non-hydrogen) atoms. The van der Waals surface area contributed by atoms with Gasteiger partial charge in [-0.05, 0) is 23.0 Å². The van der Waals surface area contributed by atoms with Gasteiger partial charge in [0.15, 0.2) is 0 Å². The Morgan fingerprint density at radius 3 is 1.95 bits per heavy atom. The highest BCUT2D eigenvalue weighted by Gasteiger charge is 2.19. The standard InChI is InChI=1S/C13H18ClNO4S/c1-8(2)10-6-5-7-11(9(3)4)12(10)15-13(16)19-20(14,17)18/h5-9H,1-4H3,(H,15,16). The summed E-state index contributed by atoms with van der Waals surface area (Å²) in [6, 6.07) is 5.65. The third-order valence-corrected chi connectivity index (χ3v) is 3.31. The third kappa shape index (κ3) is 4.68. The van der Waals surface area contributed by atoms with Gasteiger partial charge in [-0.3, -0.25) is 5.32 Å². The molecule has 0 fully saturated rings. The normalized spacial score (nSPS) is 11.8. The zero-order valence-electron chi connectivity index (χ0n) is 11.8. The Labute approximate surface area is 123 Å². The van der Waals surface area contributed by atoms with E-state index in [0.717, 1.165) is 11.1 Å². The molecule has 7 heteroatoms. The van der Waals surface area contributed by atoms with Crippen LogP contribution in [0.1, 0.15) is 50.7 Å². The molecule has 1 rings (SSSR count). The van der Waals surface area contributed by atoms with Crippen molar-refractivity contribution in [3.63, 3.8) is 0 Å². The minimum absolute atomic E-state index is 0.164. The number of benzene rings is 1. The van der Waals surface area contributed by atoms with Crippen molar-refractivity contribution in [3.05, 3.63) is 29.3 Å². The topological polar surface area (TPSA) is 72.5 Å². The van der Waals surface area contributed by atoms with Gasteiger partial charge in [-0.25, -0.2) is 4.79 Å². The van der Waals surface area contributed by atoms with Crippen molar-refractivity contribution >= 4 is 31.8 Å². The lowest BCUT2D eigenvalue weighted by Crippen LogP contribution is -2.18. The first kappa shape index (κ1) is 16.8. The van der Waals surface area contributed by atoms with Crippen LogP contribution in [0.5, 0.6) is 0 Å². The highest BCUT2D eigenvalue weighted by Crippen LogP contribution is 2.32. The second-order valence-electron chi connectivity index (χ2n) is 5.01. The molecule has 1 amide bonds. The SMILES string of the molecule is CC(C)c1cccc(C(C)C)c1NC(=O)OS(=O)(=O)Cl. The van der Waals surface area contributed by atoms with Gasteiger partial charge in [-0.15, -0.1) is 0 Å². The van der Waals surface area contributed by atoms with Gasteiger partial charge in [-0.1, -0.05) is 45.9 Å². The summed E-state index contributed by atoms with van der Waals surface area (Å²) in [5.41, 5.74) is 2.38. The number of rotatable bonds is 4. The van der Waals surface area contributed by atoms with Crippen LogP contribution in [0.25, 0.3) is 0 Å². The molecule has 0 aliphatic rings. The number of carbonyl (C=O) groups excluding carboxylic acids is 1. The summed E-state index contributed by atoms with van der Waals surface area (Å²) in [6.07, 6.45) is -1.12. The Morgan fingerprint density at radius 1 is 1.15 bits per heavy atom. The Hall–Kier alpha value is -1.27. The molecule has 1 aromatic carbocycles. The molecule has 0 aromatic heterocycles. The first-order valence-corrected chi connectivity index (χ1v) is 8.43. The Kier molecular flexibility index (Phi) is 5.42. The van der Waals surface area contributed by atoms with E-state index in [0.29, 0.717) is 5.69 Å². The van der Waals surface area contributed by atoms with Crippen LogP contribution in [0.15, 0.2) is 18.2 Å². The number of amides is 1. The van der Waals surface area contributed by atoms with Crippen LogP contribution in [-0.2, 0) is 13.5 Å². The Morgan fingerprint density at radius 2 is 1.60 bits per heavy atom. The van der Waals surface area contributed by atoms with Crippen LogP contribution in [-0.4, -0.2) is 14.5 Å². The predicted molar refractivity (Wildman–Crippen MR) is 79.5 cm³/mol. The Balaban J connectivity index is 3.17. The summed E-state index contributed by atoms with van der Waals surface area (Å²) in [5, 5.41) is 2.47. The van der Waals surface area contributed by atoms with Crippen molar-refractivity contribution in [1.29, 1.82) is 0 Å². The van der Waals surface area contributed by atoms with Crippen molar-refractivity contribution in [2.24, 2.45) is 0 Å². The number of nitrogens with one attached hydrogen (secondary N) is 1. The molecular weight excluding hydrogens is 302 g/mol. The molecule has 0 aliphatic heterocycles. The van der Waals surface area contributed by atoms with E-state index in [1.165, 1.54) is 0 Å². The zero-order valence-corrected chi connectivity index (χ0v) is 13.4. The third-order valence-electron chi connectivity index (χ3n) is 2.78. The molecule has 112 valence electrons. The van der Waals surface area contributed by atoms with E-state index in [2.05, 4.69) is 9.50 Å². The van der Waals surface area contributed by atoms with Crippen LogP contribution in [0.2, 0.25) is 0 Å². The maximum absolute atomic E-state index is 11.6.